The quantitative estimate of drug-likeness (QED) is 0.0135. The van der Waals surface area contributed by atoms with E-state index >= 15 is 4.79 Å². The highest BCUT2D eigenvalue weighted by atomic mass is 32.2. The van der Waals surface area contributed by atoms with Gasteiger partial charge in [0.25, 0.3) is 0 Å². The van der Waals surface area contributed by atoms with Crippen molar-refractivity contribution in [3.8, 4) is 34.8 Å². The van der Waals surface area contributed by atoms with Gasteiger partial charge >= 0.3 is 24.1 Å². The number of hydrogen-bond donors (Lipinski definition) is 8. The summed E-state index contributed by atoms with van der Waals surface area (Å²) in [6.45, 7) is 14.4. The molecule has 3 saturated heterocycles. The third-order valence-corrected chi connectivity index (χ3v) is 23.4. The number of thioether (sulfide) groups is 2. The Morgan fingerprint density at radius 2 is 1.68 bits per heavy atom. The summed E-state index contributed by atoms with van der Waals surface area (Å²) >= 11 is 2.86. The predicted molar refractivity (Wildman–Crippen MR) is 388 cm³/mol. The number of hydrogen-bond acceptors (Lipinski definition) is 23. The zero-order chi connectivity index (χ0) is 75.1. The van der Waals surface area contributed by atoms with Crippen LogP contribution < -0.4 is 56.6 Å². The van der Waals surface area contributed by atoms with Crippen molar-refractivity contribution in [2.45, 2.75) is 182 Å². The lowest BCUT2D eigenvalue weighted by atomic mass is 9.76. The number of ether oxygens (including phenoxy) is 6. The van der Waals surface area contributed by atoms with Crippen LogP contribution in [0.4, 0.5) is 15.3 Å². The van der Waals surface area contributed by atoms with Crippen LogP contribution >= 0.6 is 23.5 Å². The van der Waals surface area contributed by atoms with Crippen LogP contribution in [0.2, 0.25) is 0 Å². The maximum atomic E-state index is 15.8. The Labute approximate surface area is 616 Å². The Bertz CT molecular complexity index is 4330. The van der Waals surface area contributed by atoms with E-state index in [1.165, 1.54) is 42.5 Å². The molecule has 9 aliphatic heterocycles. The number of nitrogens with two attached hydrogens (primary N) is 1. The van der Waals surface area contributed by atoms with Crippen molar-refractivity contribution in [3.05, 3.63) is 105 Å². The number of carbonyl (C=O) groups is 9. The molecular formula is C75H91N11O17S2. The molecule has 1 aromatic heterocycles. The summed E-state index contributed by atoms with van der Waals surface area (Å²) in [7, 11) is 3.43. The first-order chi connectivity index (χ1) is 50.0. The van der Waals surface area contributed by atoms with Crippen molar-refractivity contribution in [3.63, 3.8) is 0 Å². The fraction of sp³-hybridized carbons (Fsp3) is 0.520. The van der Waals surface area contributed by atoms with Crippen LogP contribution in [0.25, 0.3) is 11.0 Å². The summed E-state index contributed by atoms with van der Waals surface area (Å²) < 4.78 is 43.7. The number of phenolic OH excluding ortho intramolecular Hbond substituents is 1. The number of anilines is 1. The van der Waals surface area contributed by atoms with E-state index in [0.717, 1.165) is 10.9 Å². The van der Waals surface area contributed by atoms with Crippen molar-refractivity contribution < 1.29 is 81.1 Å². The van der Waals surface area contributed by atoms with E-state index in [1.807, 2.05) is 65.1 Å². The molecule has 14 rings (SSSR count). The van der Waals surface area contributed by atoms with Gasteiger partial charge in [-0.1, -0.05) is 77.4 Å². The van der Waals surface area contributed by atoms with Crippen LogP contribution in [0.15, 0.2) is 59.0 Å². The average molecular weight is 1480 g/mol. The van der Waals surface area contributed by atoms with Gasteiger partial charge < -0.3 is 70.3 Å². The molecule has 0 aliphatic carbocycles. The van der Waals surface area contributed by atoms with E-state index < -0.39 is 93.7 Å². The maximum Gasteiger partial charge on any atom is 0.407 e. The van der Waals surface area contributed by atoms with Crippen molar-refractivity contribution in [2.24, 2.45) is 11.7 Å². The first-order valence-corrected chi connectivity index (χ1v) is 37.4. The SMILES string of the molecule is COc1c(C)cc2c(c1O)C1[C@@H]3[C@@H]4SC[C@]5(N[C@@H](CNC(=O)OCc6ccc(NC(=O)[C@H](CCCNC(N)=O)NC(=O)[C@@H](NC(=O)CCCCCN7C(=O)CC(SC(C)(C)C)C7=O)C(C)C)cc6)Cc6c5oc5ccccc65)C(=O)OC[C@@H](c5c6c(c(C)c(OC(C)=O)c54)OCO6)N3C(C#N)(C2)CN1C. The van der Waals surface area contributed by atoms with Crippen molar-refractivity contribution in [1.29, 1.82) is 5.26 Å². The number of urea groups is 1. The van der Waals surface area contributed by atoms with Crippen molar-refractivity contribution >= 4 is 93.8 Å². The van der Waals surface area contributed by atoms with Crippen LogP contribution in [0.1, 0.15) is 154 Å². The van der Waals surface area contributed by atoms with Gasteiger partial charge in [-0.2, -0.15) is 5.26 Å². The second kappa shape index (κ2) is 30.7. The number of nitriles is 1. The van der Waals surface area contributed by atoms with Gasteiger partial charge in [0.1, 0.15) is 47.9 Å². The maximum absolute atomic E-state index is 15.8. The summed E-state index contributed by atoms with van der Waals surface area (Å²) in [6.07, 6.45) is 1.83. The number of nitrogens with one attached hydrogen (secondary N) is 6. The van der Waals surface area contributed by atoms with Gasteiger partial charge in [0.2, 0.25) is 36.3 Å². The lowest BCUT2D eigenvalue weighted by Gasteiger charge is -2.60. The number of methoxy groups -OCH3 is 1. The minimum Gasteiger partial charge on any atom is -0.504 e. The molecule has 3 fully saturated rings. The number of phenols is 1. The predicted octanol–water partition coefficient (Wildman–Crippen LogP) is 7.55. The van der Waals surface area contributed by atoms with Crippen LogP contribution in [-0.4, -0.2) is 173 Å². The highest BCUT2D eigenvalue weighted by molar-refractivity contribution is 8.02. The molecule has 560 valence electrons. The minimum absolute atomic E-state index is 0.0463. The monoisotopic (exact) mass is 1480 g/mol. The number of nitrogens with zero attached hydrogens (tertiary/aromatic N) is 4. The van der Waals surface area contributed by atoms with Gasteiger partial charge in [0.15, 0.2) is 28.5 Å². The number of unbranched alkanes of at least 4 members (excludes halogenated alkanes) is 2. The first kappa shape index (κ1) is 75.4. The molecule has 4 aromatic carbocycles. The largest absolute Gasteiger partial charge is 0.504 e. The zero-order valence-corrected chi connectivity index (χ0v) is 62.2. The number of likely N-dealkylation sites (tertiary alicyclic amines) is 1. The number of primary amides is 1. The molecule has 10 heterocycles. The van der Waals surface area contributed by atoms with Gasteiger partial charge in [-0.15, -0.1) is 23.5 Å². The van der Waals surface area contributed by atoms with E-state index in [0.29, 0.717) is 98.9 Å². The Balaban J connectivity index is 0.730. The second-order valence-electron chi connectivity index (χ2n) is 29.4. The van der Waals surface area contributed by atoms with Gasteiger partial charge in [-0.05, 0) is 93.8 Å². The fourth-order valence-electron chi connectivity index (χ4n) is 16.1. The molecule has 0 saturated carbocycles. The Hall–Kier alpha value is -9.28. The van der Waals surface area contributed by atoms with Crippen LogP contribution in [0.5, 0.6) is 28.7 Å². The Morgan fingerprint density at radius 3 is 2.39 bits per heavy atom. The summed E-state index contributed by atoms with van der Waals surface area (Å²) in [5.41, 5.74) is 8.07. The number of para-hydroxylation sites is 1. The van der Waals surface area contributed by atoms with E-state index in [2.05, 4.69) is 47.8 Å². The molecule has 0 radical (unpaired) electrons. The number of imide groups is 1. The minimum atomic E-state index is -1.74. The number of likely N-dealkylation sites (N-methyl/N-ethyl adjacent to an activating group) is 1. The third kappa shape index (κ3) is 15.0. The number of amides is 8. The van der Waals surface area contributed by atoms with Gasteiger partial charge in [0.05, 0.1) is 35.8 Å². The zero-order valence-electron chi connectivity index (χ0n) is 60.6. The molecule has 9 N–H and O–H groups in total. The molecule has 5 aromatic rings. The number of esters is 2. The number of aryl methyl sites for hydroxylation is 1. The highest BCUT2D eigenvalue weighted by Crippen LogP contribution is 2.66. The average Bonchev–Trinajstić information content (AvgIpc) is 1.63. The number of rotatable bonds is 23. The van der Waals surface area contributed by atoms with E-state index in [-0.39, 0.29) is 124 Å². The molecule has 28 nitrogen and oxygen atoms in total. The summed E-state index contributed by atoms with van der Waals surface area (Å²) in [6, 6.07) is 12.9. The molecule has 4 bridgehead atoms. The summed E-state index contributed by atoms with van der Waals surface area (Å²) in [5.74, 6) is -2.13. The molecule has 11 atom stereocenters. The topological polar surface area (TPSA) is 374 Å². The number of carbonyl (C=O) groups excluding carboxylic acids is 9. The van der Waals surface area contributed by atoms with Crippen molar-refractivity contribution in [2.75, 3.05) is 64.8 Å². The lowest BCUT2D eigenvalue weighted by Crippen LogP contribution is -2.69. The molecular weight excluding hydrogens is 1390 g/mol. The third-order valence-electron chi connectivity index (χ3n) is 20.6. The number of benzene rings is 4. The molecule has 1 spiro atoms. The molecule has 30 heteroatoms. The molecule has 4 unspecified atom stereocenters. The normalized spacial score (nSPS) is 24.1. The van der Waals surface area contributed by atoms with Crippen LogP contribution in [-0.2, 0) is 68.0 Å². The van der Waals surface area contributed by atoms with E-state index in [1.54, 1.807) is 45.0 Å². The van der Waals surface area contributed by atoms with Gasteiger partial charge in [-0.25, -0.2) is 14.4 Å². The Kier molecular flexibility index (Phi) is 22.0. The van der Waals surface area contributed by atoms with Gasteiger partial charge in [0, 0.05) is 114 Å². The fourth-order valence-corrected chi connectivity index (χ4v) is 19.1. The van der Waals surface area contributed by atoms with Crippen LogP contribution in [0.3, 0.4) is 0 Å². The number of alkyl carbamates (subject to hydrolysis) is 1. The summed E-state index contributed by atoms with van der Waals surface area (Å²) in [4.78, 5) is 127. The van der Waals surface area contributed by atoms with Crippen LogP contribution in [0, 0.1) is 31.1 Å². The first-order valence-electron chi connectivity index (χ1n) is 35.5. The number of furan rings is 1. The molecule has 9 aliphatic rings. The van der Waals surface area contributed by atoms with Crippen molar-refractivity contribution in [1.82, 2.24) is 41.3 Å². The molecule has 8 amide bonds. The van der Waals surface area contributed by atoms with Gasteiger partial charge in [-0.3, -0.25) is 48.8 Å². The van der Waals surface area contributed by atoms with E-state index in [9.17, 15) is 48.7 Å². The molecule has 105 heavy (non-hydrogen) atoms. The second-order valence-corrected chi connectivity index (χ2v) is 32.6. The Morgan fingerprint density at radius 1 is 0.924 bits per heavy atom. The number of fused-ring (bicyclic) bond motifs is 8. The standard InChI is InChI=1S/C75H91N11O17S2/c1-38(2)57(82-52(88)20-12-11-15-26-85-53(89)29-51(69(85)93)105-73(6,7)8)68(92)81-48(18-16-25-78-71(77)95)67(91)80-44-23-21-42(22-24-44)32-99-72(96)79-31-45-28-47-46-17-13-14-19-50(46)103-66(47)75(83-45)36-104-65-56-55(64-63(100-37-101-64)40(4)62(56)102-41(5)87)49(33-98-70(75)94)86-59(65)58-54-43(27-39(3)61(97-10)60(54)90)30-74(86,34-76)35-84(58)9/h13-14,17,19,21-24,27,38,45,48-49,51,57-59,65,83,90H,11-12,15-16,18,20,25-26,28-33,35-37H2,1-10H3,(H,79,96)(H,80,91)(H,81,92)(H,82,88)(H3,77,78,95)/t45-,48+,49+,51?,57+,58?,59-,65-,74?,75-/m1/s1. The highest BCUT2D eigenvalue weighted by Gasteiger charge is 2.65. The lowest BCUT2D eigenvalue weighted by molar-refractivity contribution is -0.159. The number of piperazine rings is 1. The smallest absolute Gasteiger partial charge is 0.407 e. The number of aromatic hydroxyl groups is 1. The van der Waals surface area contributed by atoms with E-state index in [4.69, 9.17) is 38.6 Å². The summed E-state index contributed by atoms with van der Waals surface area (Å²) in [5, 5.41) is 41.3.